The molecule has 72 heavy (non-hydrogen) atoms. The third-order valence-corrected chi connectivity index (χ3v) is 14.0. The number of hydrogen-bond donors (Lipinski definition) is 11. The topological polar surface area (TPSA) is 366 Å². The summed E-state index contributed by atoms with van der Waals surface area (Å²) in [7, 11) is 0. The van der Waals surface area contributed by atoms with Crippen molar-refractivity contribution in [2.45, 2.75) is 120 Å². The molecule has 0 aromatic carbocycles. The molecular weight excluding hydrogens is 923 g/mol. The number of hydrogen-bond acceptors (Lipinski definition) is 18. The molecule has 3 saturated carbocycles. The van der Waals surface area contributed by atoms with E-state index in [2.05, 4.69) is 52.3 Å². The number of aromatic nitrogens is 9. The fourth-order valence-corrected chi connectivity index (χ4v) is 10.4. The van der Waals surface area contributed by atoms with Crippen LogP contribution in [0, 0.1) is 0 Å². The minimum Gasteiger partial charge on any atom is -0.397 e. The normalized spacial score (nSPS) is 22.0. The van der Waals surface area contributed by atoms with E-state index in [1.807, 2.05) is 12.1 Å². The summed E-state index contributed by atoms with van der Waals surface area (Å²) in [6.45, 7) is 0.242. The van der Waals surface area contributed by atoms with E-state index in [9.17, 15) is 19.2 Å². The van der Waals surface area contributed by atoms with Crippen LogP contribution in [-0.2, 0) is 6.54 Å². The summed E-state index contributed by atoms with van der Waals surface area (Å²) >= 11 is 0. The van der Waals surface area contributed by atoms with Gasteiger partial charge in [0.25, 0.3) is 23.6 Å². The maximum atomic E-state index is 13.8. The smallest absolute Gasteiger partial charge is 0.287 e. The fraction of sp³-hybridized carbons (Fsp3) is 0.404. The van der Waals surface area contributed by atoms with Gasteiger partial charge in [0.15, 0.2) is 17.5 Å². The van der Waals surface area contributed by atoms with Crippen molar-refractivity contribution >= 4 is 69.6 Å². The van der Waals surface area contributed by atoms with Crippen molar-refractivity contribution in [3.05, 3.63) is 95.6 Å². The Labute approximate surface area is 413 Å². The van der Waals surface area contributed by atoms with E-state index in [0.29, 0.717) is 51.5 Å². The molecule has 25 heteroatoms. The first-order valence-electron chi connectivity index (χ1n) is 24.3. The quantitative estimate of drug-likeness (QED) is 0.0580. The second kappa shape index (κ2) is 20.3. The summed E-state index contributed by atoms with van der Waals surface area (Å²) in [5.41, 5.74) is 43.7. The van der Waals surface area contributed by atoms with Gasteiger partial charge in [0, 0.05) is 48.5 Å². The largest absolute Gasteiger partial charge is 0.397 e. The van der Waals surface area contributed by atoms with E-state index in [0.717, 1.165) is 77.0 Å². The van der Waals surface area contributed by atoms with Crippen LogP contribution in [0.15, 0.2) is 67.6 Å². The first kappa shape index (κ1) is 47.5. The van der Waals surface area contributed by atoms with Crippen LogP contribution in [0.5, 0.6) is 0 Å². The highest BCUT2D eigenvalue weighted by Crippen LogP contribution is 2.35. The predicted octanol–water partition coefficient (Wildman–Crippen LogP) is 3.76. The lowest BCUT2D eigenvalue weighted by Crippen LogP contribution is -2.49. The van der Waals surface area contributed by atoms with E-state index in [1.165, 1.54) is 12.4 Å². The Hall–Kier alpha value is -8.16. The molecule has 16 N–H and O–H groups in total. The van der Waals surface area contributed by atoms with Crippen molar-refractivity contribution in [2.24, 2.45) is 22.9 Å². The average Bonchev–Trinajstić information content (AvgIpc) is 4.17. The number of primary amides is 3. The Morgan fingerprint density at radius 2 is 1.12 bits per heavy atom. The second-order valence-corrected chi connectivity index (χ2v) is 19.0. The van der Waals surface area contributed by atoms with Crippen molar-refractivity contribution in [2.75, 3.05) is 27.1 Å². The molecule has 376 valence electrons. The lowest BCUT2D eigenvalue weighted by atomic mass is 9.91. The highest BCUT2D eigenvalue weighted by Gasteiger charge is 2.36. The number of pyridine rings is 3. The predicted molar refractivity (Wildman–Crippen MR) is 267 cm³/mol. The molecule has 1 aliphatic heterocycles. The van der Waals surface area contributed by atoms with Gasteiger partial charge < -0.3 is 50.0 Å². The molecule has 3 aliphatic carbocycles. The fourth-order valence-electron chi connectivity index (χ4n) is 10.4. The van der Waals surface area contributed by atoms with Crippen LogP contribution >= 0.6 is 0 Å². The van der Waals surface area contributed by atoms with Crippen molar-refractivity contribution in [3.63, 3.8) is 0 Å². The van der Waals surface area contributed by atoms with E-state index in [4.69, 9.17) is 38.9 Å². The maximum Gasteiger partial charge on any atom is 0.287 e. The molecule has 0 spiro atoms. The van der Waals surface area contributed by atoms with Gasteiger partial charge in [-0.25, -0.2) is 20.8 Å². The molecule has 6 aromatic rings. The summed E-state index contributed by atoms with van der Waals surface area (Å²) in [5.74, 6) is -0.740. The number of rotatable bonds is 17. The first-order chi connectivity index (χ1) is 34.8. The van der Waals surface area contributed by atoms with Gasteiger partial charge in [-0.3, -0.25) is 43.2 Å². The van der Waals surface area contributed by atoms with E-state index in [-0.39, 0.29) is 71.2 Å². The molecule has 7 heterocycles. The molecule has 6 unspecified atom stereocenters. The van der Waals surface area contributed by atoms with Crippen LogP contribution in [0.4, 0.5) is 46.0 Å². The van der Waals surface area contributed by atoms with Gasteiger partial charge in [-0.1, -0.05) is 38.5 Å². The number of fused-ring (bicyclic) bond motifs is 1. The Morgan fingerprint density at radius 1 is 0.597 bits per heavy atom. The summed E-state index contributed by atoms with van der Waals surface area (Å²) in [6.07, 6.45) is 22.0. The summed E-state index contributed by atoms with van der Waals surface area (Å²) in [5, 5.41) is 25.3. The average molecular weight is 982 g/mol. The van der Waals surface area contributed by atoms with Gasteiger partial charge >= 0.3 is 0 Å². The minimum absolute atomic E-state index is 0.0420. The SMILES string of the molecule is NC(=O)c1cn(C2CCCCC2N)nc1Nc1cnc2c(c1)CN(NC1CCCCC1n1cc(C(N)=O)c(Nc3ccc(NNC4CCCCC4n4cc(C(N)=O)c(Nc5cncc(N)c5)n4)nc3)n1)C2=O. The molecular formula is C47H59N21O4. The summed E-state index contributed by atoms with van der Waals surface area (Å²) in [6, 6.07) is 6.38. The number of nitrogens with zero attached hydrogens (tertiary/aromatic N) is 10. The monoisotopic (exact) mass is 982 g/mol. The molecule has 25 nitrogen and oxygen atoms in total. The standard InChI is InChI=1S/C47H59N21O4/c48-26-16-29(18-53-17-26)58-46-32(43(52)71)23-66(64-46)37-11-5-2-8-34(37)59-60-39-14-13-27(19-54-39)56-44-31(42(51)70)24-67(63-44)38-12-6-3-9-35(38)61-68-21-25-15-28(20-55-40(25)47(68)72)57-45-30(41(50)69)22-65(62-45)36-10-4-1-7-33(36)49/h13-20,22-24,33-38,59,61H,1-12,21,48-49H2,(H2,50,69)(H2,51,70)(H2,52,71)(H,54,60)(H,56,63)(H,57,62)(H,58,64). The molecule has 0 bridgehead atoms. The van der Waals surface area contributed by atoms with Crippen molar-refractivity contribution in [1.29, 1.82) is 0 Å². The molecule has 10 rings (SSSR count). The zero-order valence-electron chi connectivity index (χ0n) is 39.5. The van der Waals surface area contributed by atoms with Gasteiger partial charge in [0.05, 0.1) is 66.0 Å². The molecule has 0 radical (unpaired) electrons. The number of carbonyl (C=O) groups excluding carboxylic acids is 4. The Bertz CT molecular complexity index is 2980. The van der Waals surface area contributed by atoms with Crippen LogP contribution in [-0.4, -0.2) is 91.1 Å². The number of amides is 4. The zero-order chi connectivity index (χ0) is 50.0. The first-order valence-corrected chi connectivity index (χ1v) is 24.3. The molecule has 3 fully saturated rings. The van der Waals surface area contributed by atoms with Gasteiger partial charge in [-0.05, 0) is 62.8 Å². The van der Waals surface area contributed by atoms with Crippen molar-refractivity contribution in [3.8, 4) is 0 Å². The van der Waals surface area contributed by atoms with Gasteiger partial charge in [0.1, 0.15) is 28.2 Å². The zero-order valence-corrected chi connectivity index (χ0v) is 39.5. The number of anilines is 8. The number of nitrogens with two attached hydrogens (primary N) is 5. The Balaban J connectivity index is 0.778. The van der Waals surface area contributed by atoms with E-state index in [1.54, 1.807) is 62.2 Å². The van der Waals surface area contributed by atoms with Crippen LogP contribution in [0.2, 0.25) is 0 Å². The highest BCUT2D eigenvalue weighted by atomic mass is 16.2. The minimum atomic E-state index is -0.653. The number of carbonyl (C=O) groups is 4. The maximum absolute atomic E-state index is 13.8. The second-order valence-electron chi connectivity index (χ2n) is 19.0. The van der Waals surface area contributed by atoms with Crippen molar-refractivity contribution < 1.29 is 19.2 Å². The molecule has 6 aromatic heterocycles. The number of nitrogens with one attached hydrogen (secondary N) is 6. The Morgan fingerprint density at radius 3 is 1.71 bits per heavy atom. The van der Waals surface area contributed by atoms with E-state index < -0.39 is 17.7 Å². The van der Waals surface area contributed by atoms with E-state index >= 15 is 0 Å². The molecule has 0 saturated heterocycles. The third kappa shape index (κ3) is 10.1. The van der Waals surface area contributed by atoms with Gasteiger partial charge in [-0.2, -0.15) is 15.3 Å². The lowest BCUT2D eigenvalue weighted by Gasteiger charge is -2.35. The van der Waals surface area contributed by atoms with Crippen LogP contribution in [0.1, 0.15) is 142 Å². The molecule has 6 atom stereocenters. The summed E-state index contributed by atoms with van der Waals surface area (Å²) < 4.78 is 5.26. The van der Waals surface area contributed by atoms with Gasteiger partial charge in [-0.15, -0.1) is 0 Å². The molecule has 4 aliphatic rings. The van der Waals surface area contributed by atoms with Crippen LogP contribution in [0.3, 0.4) is 0 Å². The van der Waals surface area contributed by atoms with Crippen LogP contribution < -0.4 is 60.9 Å². The van der Waals surface area contributed by atoms with Crippen molar-refractivity contribution in [1.82, 2.24) is 60.2 Å². The lowest BCUT2D eigenvalue weighted by molar-refractivity contribution is 0.0566. The number of hydrazine groups is 2. The third-order valence-electron chi connectivity index (χ3n) is 14.0. The number of nitrogen functional groups attached to an aromatic ring is 1. The summed E-state index contributed by atoms with van der Waals surface area (Å²) in [4.78, 5) is 64.7. The van der Waals surface area contributed by atoms with Gasteiger partial charge in [0.2, 0.25) is 0 Å². The molecule has 4 amide bonds. The Kier molecular flexibility index (Phi) is 13.4. The highest BCUT2D eigenvalue weighted by molar-refractivity contribution is 6.00. The van der Waals surface area contributed by atoms with Crippen LogP contribution in [0.25, 0.3) is 0 Å².